The molecule has 3 amide bonds. The maximum Gasteiger partial charge on any atom is 0.321 e. The number of methoxy groups -OCH3 is 1. The molecule has 1 aliphatic carbocycles. The first-order chi connectivity index (χ1) is 13.7. The van der Waals surface area contributed by atoms with E-state index >= 15 is 0 Å². The fourth-order valence-corrected chi connectivity index (χ4v) is 3.87. The van der Waals surface area contributed by atoms with E-state index in [2.05, 4.69) is 16.7 Å². The van der Waals surface area contributed by atoms with Gasteiger partial charge in [-0.3, -0.25) is 4.79 Å². The van der Waals surface area contributed by atoms with E-state index in [1.165, 1.54) is 31.3 Å². The predicted molar refractivity (Wildman–Crippen MR) is 110 cm³/mol. The summed E-state index contributed by atoms with van der Waals surface area (Å²) >= 11 is 0. The Morgan fingerprint density at radius 1 is 1.18 bits per heavy atom. The Kier molecular flexibility index (Phi) is 7.34. The molecule has 28 heavy (non-hydrogen) atoms. The number of nitrogens with one attached hydrogen (secondary N) is 2. The number of amides is 3. The zero-order chi connectivity index (χ0) is 19.8. The number of benzene rings is 1. The third-order valence-electron chi connectivity index (χ3n) is 5.55. The van der Waals surface area contributed by atoms with Gasteiger partial charge in [-0.1, -0.05) is 11.6 Å². The maximum atomic E-state index is 12.6. The van der Waals surface area contributed by atoms with Gasteiger partial charge in [-0.25, -0.2) is 4.79 Å². The summed E-state index contributed by atoms with van der Waals surface area (Å²) in [5, 5.41) is 5.97. The van der Waals surface area contributed by atoms with Gasteiger partial charge in [-0.2, -0.15) is 0 Å². The van der Waals surface area contributed by atoms with Crippen molar-refractivity contribution in [2.45, 2.75) is 44.9 Å². The van der Waals surface area contributed by atoms with Crippen LogP contribution in [0.4, 0.5) is 10.5 Å². The second-order valence-electron chi connectivity index (χ2n) is 7.59. The Bertz CT molecular complexity index is 699. The Morgan fingerprint density at radius 3 is 2.71 bits per heavy atom. The van der Waals surface area contributed by atoms with Crippen molar-refractivity contribution in [1.29, 1.82) is 0 Å². The largest absolute Gasteiger partial charge is 0.497 e. The molecule has 0 radical (unpaired) electrons. The fraction of sp³-hybridized carbons (Fsp3) is 0.545. The maximum absolute atomic E-state index is 12.6. The van der Waals surface area contributed by atoms with Crippen molar-refractivity contribution in [3.05, 3.63) is 35.9 Å². The van der Waals surface area contributed by atoms with Gasteiger partial charge in [-0.05, 0) is 69.2 Å². The lowest BCUT2D eigenvalue weighted by atomic mass is 9.96. The minimum absolute atomic E-state index is 0.0679. The third-order valence-corrected chi connectivity index (χ3v) is 5.55. The summed E-state index contributed by atoms with van der Waals surface area (Å²) in [5.74, 6) is 0.686. The highest BCUT2D eigenvalue weighted by atomic mass is 16.5. The van der Waals surface area contributed by atoms with Crippen molar-refractivity contribution in [1.82, 2.24) is 10.2 Å². The molecule has 6 nitrogen and oxygen atoms in total. The van der Waals surface area contributed by atoms with Crippen molar-refractivity contribution in [2.75, 3.05) is 32.1 Å². The van der Waals surface area contributed by atoms with E-state index in [0.717, 1.165) is 30.7 Å². The average Bonchev–Trinajstić information content (AvgIpc) is 2.75. The highest BCUT2D eigenvalue weighted by Gasteiger charge is 2.28. The van der Waals surface area contributed by atoms with Gasteiger partial charge in [0.15, 0.2) is 0 Å². The van der Waals surface area contributed by atoms with Crippen LogP contribution in [0, 0.1) is 5.92 Å². The Morgan fingerprint density at radius 2 is 2.00 bits per heavy atom. The molecule has 0 bridgehead atoms. The standard InChI is InChI=1S/C22H31N3O3/c1-28-20-11-9-19(10-12-20)24-22(27)25-15-5-8-18(16-25)21(26)23-14-13-17-6-3-2-4-7-17/h6,9-12,18H,2-5,7-8,13-16H2,1H3,(H,23,26)(H,24,27)/t18-/m0/s1. The van der Waals surface area contributed by atoms with Gasteiger partial charge < -0.3 is 20.3 Å². The summed E-state index contributed by atoms with van der Waals surface area (Å²) in [4.78, 5) is 26.8. The minimum atomic E-state index is -0.157. The summed E-state index contributed by atoms with van der Waals surface area (Å²) in [6.07, 6.45) is 9.83. The smallest absolute Gasteiger partial charge is 0.321 e. The van der Waals surface area contributed by atoms with E-state index in [4.69, 9.17) is 4.74 Å². The molecule has 1 aliphatic heterocycles. The first-order valence-electron chi connectivity index (χ1n) is 10.3. The molecule has 0 aromatic heterocycles. The number of allylic oxidation sites excluding steroid dienone is 1. The number of urea groups is 1. The molecule has 1 atom stereocenters. The summed E-state index contributed by atoms with van der Waals surface area (Å²) < 4.78 is 5.13. The monoisotopic (exact) mass is 385 g/mol. The van der Waals surface area contributed by atoms with Crippen LogP contribution >= 0.6 is 0 Å². The molecule has 1 aromatic carbocycles. The van der Waals surface area contributed by atoms with Crippen LogP contribution in [0.2, 0.25) is 0 Å². The van der Waals surface area contributed by atoms with Crippen molar-refractivity contribution in [3.63, 3.8) is 0 Å². The van der Waals surface area contributed by atoms with Crippen molar-refractivity contribution in [3.8, 4) is 5.75 Å². The summed E-state index contributed by atoms with van der Waals surface area (Å²) in [7, 11) is 1.61. The van der Waals surface area contributed by atoms with Gasteiger partial charge in [0, 0.05) is 25.3 Å². The molecule has 1 fully saturated rings. The molecule has 0 spiro atoms. The minimum Gasteiger partial charge on any atom is -0.497 e. The fourth-order valence-electron chi connectivity index (χ4n) is 3.87. The summed E-state index contributed by atoms with van der Waals surface area (Å²) in [6.45, 7) is 1.84. The highest BCUT2D eigenvalue weighted by molar-refractivity contribution is 5.90. The number of hydrogen-bond donors (Lipinski definition) is 2. The molecule has 0 saturated carbocycles. The molecule has 3 rings (SSSR count). The van der Waals surface area contributed by atoms with Crippen LogP contribution in [0.1, 0.15) is 44.9 Å². The lowest BCUT2D eigenvalue weighted by molar-refractivity contribution is -0.126. The zero-order valence-corrected chi connectivity index (χ0v) is 16.7. The topological polar surface area (TPSA) is 70.7 Å². The second kappa shape index (κ2) is 10.2. The van der Waals surface area contributed by atoms with Crippen LogP contribution < -0.4 is 15.4 Å². The summed E-state index contributed by atoms with van der Waals surface area (Å²) in [5.41, 5.74) is 2.19. The number of hydrogen-bond acceptors (Lipinski definition) is 3. The van der Waals surface area contributed by atoms with Gasteiger partial charge in [0.1, 0.15) is 5.75 Å². The van der Waals surface area contributed by atoms with E-state index in [-0.39, 0.29) is 17.9 Å². The van der Waals surface area contributed by atoms with E-state index in [1.807, 2.05) is 24.3 Å². The number of likely N-dealkylation sites (tertiary alicyclic amines) is 1. The van der Waals surface area contributed by atoms with E-state index in [9.17, 15) is 9.59 Å². The number of carbonyl (C=O) groups is 2. The molecule has 2 N–H and O–H groups in total. The van der Waals surface area contributed by atoms with Gasteiger partial charge in [0.25, 0.3) is 0 Å². The lowest BCUT2D eigenvalue weighted by Gasteiger charge is -2.32. The van der Waals surface area contributed by atoms with Crippen LogP contribution in [-0.2, 0) is 4.79 Å². The molecular weight excluding hydrogens is 354 g/mol. The Hall–Kier alpha value is -2.50. The van der Waals surface area contributed by atoms with Gasteiger partial charge in [0.2, 0.25) is 5.91 Å². The SMILES string of the molecule is COc1ccc(NC(=O)N2CCC[C@H](C(=O)NCCC3=CCCCC3)C2)cc1. The molecule has 0 unspecified atom stereocenters. The Labute approximate surface area is 167 Å². The highest BCUT2D eigenvalue weighted by Crippen LogP contribution is 2.21. The summed E-state index contributed by atoms with van der Waals surface area (Å²) in [6, 6.07) is 7.08. The molecule has 1 saturated heterocycles. The van der Waals surface area contributed by atoms with Crippen LogP contribution in [0.5, 0.6) is 5.75 Å². The van der Waals surface area contributed by atoms with E-state index in [1.54, 1.807) is 12.0 Å². The molecule has 1 aromatic rings. The van der Waals surface area contributed by atoms with Crippen molar-refractivity contribution >= 4 is 17.6 Å². The molecule has 6 heteroatoms. The molecular formula is C22H31N3O3. The number of rotatable bonds is 6. The lowest BCUT2D eigenvalue weighted by Crippen LogP contribution is -2.47. The Balaban J connectivity index is 1.44. The normalized spacial score (nSPS) is 19.5. The predicted octanol–water partition coefficient (Wildman–Crippen LogP) is 3.95. The average molecular weight is 386 g/mol. The van der Waals surface area contributed by atoms with Crippen LogP contribution in [0.25, 0.3) is 0 Å². The number of ether oxygens (including phenoxy) is 1. The number of anilines is 1. The number of piperidine rings is 1. The number of nitrogens with zero attached hydrogens (tertiary/aromatic N) is 1. The number of carbonyl (C=O) groups excluding carboxylic acids is 2. The molecule has 152 valence electrons. The van der Waals surface area contributed by atoms with Crippen molar-refractivity contribution in [2.24, 2.45) is 5.92 Å². The van der Waals surface area contributed by atoms with Crippen molar-refractivity contribution < 1.29 is 14.3 Å². The molecule has 1 heterocycles. The first kappa shape index (κ1) is 20.2. The van der Waals surface area contributed by atoms with Crippen LogP contribution in [0.3, 0.4) is 0 Å². The van der Waals surface area contributed by atoms with Gasteiger partial charge >= 0.3 is 6.03 Å². The van der Waals surface area contributed by atoms with Gasteiger partial charge in [0.05, 0.1) is 13.0 Å². The van der Waals surface area contributed by atoms with Crippen LogP contribution in [0.15, 0.2) is 35.9 Å². The first-order valence-corrected chi connectivity index (χ1v) is 10.3. The zero-order valence-electron chi connectivity index (χ0n) is 16.7. The second-order valence-corrected chi connectivity index (χ2v) is 7.59. The van der Waals surface area contributed by atoms with Gasteiger partial charge in [-0.15, -0.1) is 0 Å². The molecule has 2 aliphatic rings. The van der Waals surface area contributed by atoms with E-state index in [0.29, 0.717) is 19.6 Å². The van der Waals surface area contributed by atoms with E-state index < -0.39 is 0 Å². The van der Waals surface area contributed by atoms with Crippen LogP contribution in [-0.4, -0.2) is 43.6 Å². The quantitative estimate of drug-likeness (QED) is 0.729. The third kappa shape index (κ3) is 5.75.